The van der Waals surface area contributed by atoms with Crippen molar-refractivity contribution < 1.29 is 4.74 Å². The standard InChI is InChI=1S/C16H24N2O/c1-6-18(7-2)11-14(10-17)15-8-12(3)13(4)9-16(15)19-5/h8-9,14H,6-7,11H2,1-5H3. The Balaban J connectivity index is 3.11. The van der Waals surface area contributed by atoms with Crippen LogP contribution in [-0.2, 0) is 0 Å². The van der Waals surface area contributed by atoms with Gasteiger partial charge in [0.15, 0.2) is 0 Å². The average molecular weight is 260 g/mol. The monoisotopic (exact) mass is 260 g/mol. The second-order valence-electron chi connectivity index (χ2n) is 4.85. The molecule has 0 bridgehead atoms. The number of likely N-dealkylation sites (N-methyl/N-ethyl adjacent to an activating group) is 1. The molecule has 104 valence electrons. The minimum Gasteiger partial charge on any atom is -0.496 e. The van der Waals surface area contributed by atoms with Crippen molar-refractivity contribution in [2.24, 2.45) is 0 Å². The molecule has 0 spiro atoms. The van der Waals surface area contributed by atoms with Crippen molar-refractivity contribution in [1.82, 2.24) is 4.90 Å². The molecule has 3 heteroatoms. The van der Waals surface area contributed by atoms with E-state index in [0.29, 0.717) is 0 Å². The van der Waals surface area contributed by atoms with Gasteiger partial charge < -0.3 is 9.64 Å². The molecular formula is C16H24N2O. The minimum absolute atomic E-state index is 0.144. The van der Waals surface area contributed by atoms with Gasteiger partial charge in [-0.15, -0.1) is 0 Å². The molecule has 3 nitrogen and oxygen atoms in total. The smallest absolute Gasteiger partial charge is 0.123 e. The number of hydrogen-bond donors (Lipinski definition) is 0. The van der Waals surface area contributed by atoms with E-state index < -0.39 is 0 Å². The summed E-state index contributed by atoms with van der Waals surface area (Å²) in [5.74, 6) is 0.677. The van der Waals surface area contributed by atoms with Crippen LogP contribution in [0.4, 0.5) is 0 Å². The second-order valence-corrected chi connectivity index (χ2v) is 4.85. The van der Waals surface area contributed by atoms with E-state index in [2.05, 4.69) is 44.7 Å². The molecule has 1 aromatic carbocycles. The van der Waals surface area contributed by atoms with Crippen LogP contribution in [0.3, 0.4) is 0 Å². The lowest BCUT2D eigenvalue weighted by molar-refractivity contribution is 0.295. The van der Waals surface area contributed by atoms with Crippen LogP contribution >= 0.6 is 0 Å². The van der Waals surface area contributed by atoms with Crippen molar-refractivity contribution in [3.63, 3.8) is 0 Å². The van der Waals surface area contributed by atoms with Gasteiger partial charge in [-0.1, -0.05) is 19.9 Å². The third-order valence-electron chi connectivity index (χ3n) is 3.71. The summed E-state index contributed by atoms with van der Waals surface area (Å²) in [7, 11) is 1.67. The summed E-state index contributed by atoms with van der Waals surface area (Å²) >= 11 is 0. The summed E-state index contributed by atoms with van der Waals surface area (Å²) in [4.78, 5) is 2.27. The number of methoxy groups -OCH3 is 1. The topological polar surface area (TPSA) is 36.3 Å². The van der Waals surface area contributed by atoms with Gasteiger partial charge in [0.2, 0.25) is 0 Å². The van der Waals surface area contributed by atoms with E-state index >= 15 is 0 Å². The molecule has 0 aliphatic heterocycles. The van der Waals surface area contributed by atoms with Crippen LogP contribution in [0.1, 0.15) is 36.5 Å². The Kier molecular flexibility index (Phi) is 5.85. The summed E-state index contributed by atoms with van der Waals surface area (Å²) in [6, 6.07) is 6.53. The first-order chi connectivity index (χ1) is 9.07. The number of ether oxygens (including phenoxy) is 1. The maximum atomic E-state index is 9.47. The van der Waals surface area contributed by atoms with Gasteiger partial charge in [-0.25, -0.2) is 0 Å². The average Bonchev–Trinajstić information content (AvgIpc) is 2.43. The fourth-order valence-corrected chi connectivity index (χ4v) is 2.21. The van der Waals surface area contributed by atoms with Crippen LogP contribution in [0.25, 0.3) is 0 Å². The number of rotatable bonds is 6. The maximum Gasteiger partial charge on any atom is 0.123 e. The zero-order valence-electron chi connectivity index (χ0n) is 12.7. The van der Waals surface area contributed by atoms with Gasteiger partial charge in [0, 0.05) is 12.1 Å². The van der Waals surface area contributed by atoms with Gasteiger partial charge in [0.05, 0.1) is 19.1 Å². The molecule has 1 atom stereocenters. The van der Waals surface area contributed by atoms with E-state index in [9.17, 15) is 5.26 Å². The lowest BCUT2D eigenvalue weighted by Crippen LogP contribution is -2.28. The van der Waals surface area contributed by atoms with Crippen molar-refractivity contribution in [1.29, 1.82) is 5.26 Å². The summed E-state index contributed by atoms with van der Waals surface area (Å²) in [6.45, 7) is 11.1. The maximum absolute atomic E-state index is 9.47. The predicted molar refractivity (Wildman–Crippen MR) is 78.6 cm³/mol. The van der Waals surface area contributed by atoms with Crippen molar-refractivity contribution in [2.45, 2.75) is 33.6 Å². The highest BCUT2D eigenvalue weighted by atomic mass is 16.5. The zero-order valence-corrected chi connectivity index (χ0v) is 12.7. The van der Waals surface area contributed by atoms with E-state index in [1.54, 1.807) is 7.11 Å². The van der Waals surface area contributed by atoms with Gasteiger partial charge in [-0.05, 0) is 44.1 Å². The van der Waals surface area contributed by atoms with Crippen LogP contribution in [0.15, 0.2) is 12.1 Å². The molecule has 0 saturated carbocycles. The molecule has 0 aliphatic carbocycles. The van der Waals surface area contributed by atoms with Crippen LogP contribution in [0.2, 0.25) is 0 Å². The van der Waals surface area contributed by atoms with Crippen molar-refractivity contribution >= 4 is 0 Å². The highest BCUT2D eigenvalue weighted by molar-refractivity contribution is 5.45. The molecule has 0 radical (unpaired) electrons. The predicted octanol–water partition coefficient (Wildman–Crippen LogP) is 3.26. The van der Waals surface area contributed by atoms with E-state index in [4.69, 9.17) is 4.74 Å². The lowest BCUT2D eigenvalue weighted by atomic mass is 9.95. The van der Waals surface area contributed by atoms with Gasteiger partial charge in [-0.2, -0.15) is 5.26 Å². The fraction of sp³-hybridized carbons (Fsp3) is 0.562. The molecule has 0 aliphatic rings. The van der Waals surface area contributed by atoms with Gasteiger partial charge in [0.1, 0.15) is 5.75 Å². The van der Waals surface area contributed by atoms with E-state index in [1.807, 2.05) is 6.07 Å². The van der Waals surface area contributed by atoms with Gasteiger partial charge in [-0.3, -0.25) is 0 Å². The summed E-state index contributed by atoms with van der Waals surface area (Å²) < 4.78 is 5.44. The largest absolute Gasteiger partial charge is 0.496 e. The summed E-state index contributed by atoms with van der Waals surface area (Å²) in [5.41, 5.74) is 3.40. The van der Waals surface area contributed by atoms with Crippen LogP contribution in [0, 0.1) is 25.2 Å². The first-order valence-electron chi connectivity index (χ1n) is 6.84. The zero-order chi connectivity index (χ0) is 14.4. The Bertz CT molecular complexity index is 459. The Hall–Kier alpha value is -1.53. The van der Waals surface area contributed by atoms with Crippen molar-refractivity contribution in [3.05, 3.63) is 28.8 Å². The molecule has 0 fully saturated rings. The molecule has 0 amide bonds. The van der Waals surface area contributed by atoms with Crippen molar-refractivity contribution in [3.8, 4) is 11.8 Å². The molecule has 0 N–H and O–H groups in total. The molecule has 0 aromatic heterocycles. The molecule has 1 unspecified atom stereocenters. The van der Waals surface area contributed by atoms with Gasteiger partial charge >= 0.3 is 0 Å². The van der Waals surface area contributed by atoms with Crippen LogP contribution in [-0.4, -0.2) is 31.6 Å². The second kappa shape index (κ2) is 7.16. The van der Waals surface area contributed by atoms with Crippen molar-refractivity contribution in [2.75, 3.05) is 26.7 Å². The van der Waals surface area contributed by atoms with E-state index in [-0.39, 0.29) is 5.92 Å². The van der Waals surface area contributed by atoms with Crippen LogP contribution < -0.4 is 4.74 Å². The Morgan fingerprint density at radius 3 is 2.26 bits per heavy atom. The molecular weight excluding hydrogens is 236 g/mol. The van der Waals surface area contributed by atoms with Gasteiger partial charge in [0.25, 0.3) is 0 Å². The molecule has 0 heterocycles. The lowest BCUT2D eigenvalue weighted by Gasteiger charge is -2.23. The Morgan fingerprint density at radius 1 is 1.21 bits per heavy atom. The summed E-state index contributed by atoms with van der Waals surface area (Å²) in [5, 5.41) is 9.47. The number of hydrogen-bond acceptors (Lipinski definition) is 3. The first-order valence-corrected chi connectivity index (χ1v) is 6.84. The number of nitriles is 1. The van der Waals surface area contributed by atoms with Crippen LogP contribution in [0.5, 0.6) is 5.75 Å². The third-order valence-corrected chi connectivity index (χ3v) is 3.71. The number of aryl methyl sites for hydroxylation is 2. The van der Waals surface area contributed by atoms with E-state index in [1.165, 1.54) is 11.1 Å². The third kappa shape index (κ3) is 3.71. The molecule has 0 saturated heterocycles. The highest BCUT2D eigenvalue weighted by Crippen LogP contribution is 2.30. The highest BCUT2D eigenvalue weighted by Gasteiger charge is 2.19. The quantitative estimate of drug-likeness (QED) is 0.787. The Labute approximate surface area is 116 Å². The number of nitrogens with zero attached hydrogens (tertiary/aromatic N) is 2. The minimum atomic E-state index is -0.144. The van der Waals surface area contributed by atoms with E-state index in [0.717, 1.165) is 30.9 Å². The molecule has 19 heavy (non-hydrogen) atoms. The molecule has 1 rings (SSSR count). The Morgan fingerprint density at radius 2 is 1.79 bits per heavy atom. The molecule has 1 aromatic rings. The fourth-order valence-electron chi connectivity index (χ4n) is 2.21. The normalized spacial score (nSPS) is 12.3. The SMILES string of the molecule is CCN(CC)CC(C#N)c1cc(C)c(C)cc1OC. The summed E-state index contributed by atoms with van der Waals surface area (Å²) in [6.07, 6.45) is 0. The number of benzene rings is 1. The first kappa shape index (κ1) is 15.5.